The predicted octanol–water partition coefficient (Wildman–Crippen LogP) is 0.930. The summed E-state index contributed by atoms with van der Waals surface area (Å²) in [4.78, 5) is 38.2. The Morgan fingerprint density at radius 3 is 2.38 bits per heavy atom. The summed E-state index contributed by atoms with van der Waals surface area (Å²) in [5.41, 5.74) is 0. The Labute approximate surface area is 123 Å². The van der Waals surface area contributed by atoms with Crippen LogP contribution in [0.15, 0.2) is 0 Å². The van der Waals surface area contributed by atoms with Crippen molar-refractivity contribution < 1.29 is 24.2 Å². The van der Waals surface area contributed by atoms with Crippen molar-refractivity contribution in [1.82, 2.24) is 9.80 Å². The van der Waals surface area contributed by atoms with E-state index in [0.29, 0.717) is 32.5 Å². The van der Waals surface area contributed by atoms with E-state index in [2.05, 4.69) is 0 Å². The van der Waals surface area contributed by atoms with Crippen LogP contribution in [0.5, 0.6) is 0 Å². The lowest BCUT2D eigenvalue weighted by Crippen LogP contribution is -2.49. The third kappa shape index (κ3) is 3.65. The van der Waals surface area contributed by atoms with Crippen LogP contribution >= 0.6 is 0 Å². The van der Waals surface area contributed by atoms with E-state index in [1.807, 2.05) is 0 Å². The van der Waals surface area contributed by atoms with Gasteiger partial charge in [-0.05, 0) is 25.7 Å². The summed E-state index contributed by atoms with van der Waals surface area (Å²) in [5.74, 6) is -1.22. The number of urea groups is 1. The summed E-state index contributed by atoms with van der Waals surface area (Å²) < 4.78 is 4.73. The first-order chi connectivity index (χ1) is 10.0. The summed E-state index contributed by atoms with van der Waals surface area (Å²) in [6, 6.07) is -0.296. The van der Waals surface area contributed by atoms with Gasteiger partial charge < -0.3 is 19.6 Å². The highest BCUT2D eigenvalue weighted by molar-refractivity contribution is 5.77. The van der Waals surface area contributed by atoms with Gasteiger partial charge in [0.05, 0.1) is 19.4 Å². The smallest absolute Gasteiger partial charge is 0.320 e. The second-order valence-corrected chi connectivity index (χ2v) is 5.65. The second kappa shape index (κ2) is 6.78. The molecule has 0 aromatic heterocycles. The lowest BCUT2D eigenvalue weighted by Gasteiger charge is -2.35. The molecule has 21 heavy (non-hydrogen) atoms. The maximum Gasteiger partial charge on any atom is 0.320 e. The zero-order valence-electron chi connectivity index (χ0n) is 12.3. The van der Waals surface area contributed by atoms with Crippen LogP contribution in [0.2, 0.25) is 0 Å². The zero-order valence-corrected chi connectivity index (χ0v) is 12.3. The van der Waals surface area contributed by atoms with Gasteiger partial charge in [-0.2, -0.15) is 0 Å². The minimum Gasteiger partial charge on any atom is -0.481 e. The number of carbonyl (C=O) groups is 3. The van der Waals surface area contributed by atoms with E-state index in [1.165, 1.54) is 7.11 Å². The Bertz CT molecular complexity index is 418. The minimum atomic E-state index is -0.871. The Morgan fingerprint density at radius 1 is 1.14 bits per heavy atom. The largest absolute Gasteiger partial charge is 0.481 e. The molecule has 2 saturated heterocycles. The zero-order chi connectivity index (χ0) is 15.4. The van der Waals surface area contributed by atoms with Gasteiger partial charge in [-0.25, -0.2) is 4.79 Å². The van der Waals surface area contributed by atoms with Gasteiger partial charge in [0.1, 0.15) is 0 Å². The number of rotatable bonds is 3. The fourth-order valence-corrected chi connectivity index (χ4v) is 3.16. The highest BCUT2D eigenvalue weighted by atomic mass is 16.5. The van der Waals surface area contributed by atoms with Crippen molar-refractivity contribution in [3.8, 4) is 0 Å². The van der Waals surface area contributed by atoms with Crippen LogP contribution in [0.25, 0.3) is 0 Å². The molecule has 7 heteroatoms. The van der Waals surface area contributed by atoms with E-state index in [0.717, 1.165) is 12.8 Å². The number of methoxy groups -OCH3 is 1. The summed E-state index contributed by atoms with van der Waals surface area (Å²) in [7, 11) is 1.38. The first-order valence-corrected chi connectivity index (χ1v) is 7.38. The monoisotopic (exact) mass is 298 g/mol. The molecule has 2 amide bonds. The first kappa shape index (κ1) is 15.6. The van der Waals surface area contributed by atoms with Crippen LogP contribution in [-0.2, 0) is 14.3 Å². The fourth-order valence-electron chi connectivity index (χ4n) is 3.16. The van der Waals surface area contributed by atoms with Gasteiger partial charge >= 0.3 is 18.0 Å². The van der Waals surface area contributed by atoms with E-state index in [1.54, 1.807) is 9.80 Å². The van der Waals surface area contributed by atoms with E-state index >= 15 is 0 Å². The van der Waals surface area contributed by atoms with Crippen molar-refractivity contribution in [2.75, 3.05) is 26.7 Å². The van der Waals surface area contributed by atoms with Crippen molar-refractivity contribution in [3.05, 3.63) is 0 Å². The molecule has 1 atom stereocenters. The third-order valence-electron chi connectivity index (χ3n) is 4.33. The highest BCUT2D eigenvalue weighted by Gasteiger charge is 2.35. The number of esters is 1. The molecule has 0 spiro atoms. The first-order valence-electron chi connectivity index (χ1n) is 7.38. The number of hydrogen-bond acceptors (Lipinski definition) is 4. The quantitative estimate of drug-likeness (QED) is 0.783. The highest BCUT2D eigenvalue weighted by Crippen LogP contribution is 2.25. The van der Waals surface area contributed by atoms with Crippen LogP contribution in [0, 0.1) is 5.92 Å². The minimum absolute atomic E-state index is 0.00433. The standard InChI is InChI=1S/C14H22N2O5/c1-21-13(19)10-4-7-15(8-5-10)14(20)16-6-2-3-11(16)9-12(17)18/h10-11H,2-9H2,1H3,(H,17,18). The molecule has 0 bridgehead atoms. The van der Waals surface area contributed by atoms with Gasteiger partial charge in [0, 0.05) is 25.7 Å². The molecule has 0 radical (unpaired) electrons. The molecule has 0 aliphatic carbocycles. The molecule has 2 fully saturated rings. The van der Waals surface area contributed by atoms with Crippen molar-refractivity contribution in [3.63, 3.8) is 0 Å². The van der Waals surface area contributed by atoms with E-state index in [9.17, 15) is 14.4 Å². The van der Waals surface area contributed by atoms with Gasteiger partial charge in [-0.3, -0.25) is 9.59 Å². The van der Waals surface area contributed by atoms with Crippen molar-refractivity contribution in [2.45, 2.75) is 38.1 Å². The summed E-state index contributed by atoms with van der Waals surface area (Å²) in [6.45, 7) is 1.66. The third-order valence-corrected chi connectivity index (χ3v) is 4.33. The molecular formula is C14H22N2O5. The van der Waals surface area contributed by atoms with Crippen LogP contribution < -0.4 is 0 Å². The number of aliphatic carboxylic acids is 1. The SMILES string of the molecule is COC(=O)C1CCN(C(=O)N2CCCC2CC(=O)O)CC1. The average molecular weight is 298 g/mol. The number of carboxylic acid groups (broad SMARTS) is 1. The number of likely N-dealkylation sites (tertiary alicyclic amines) is 2. The molecule has 1 N–H and O–H groups in total. The maximum atomic E-state index is 12.5. The molecular weight excluding hydrogens is 276 g/mol. The van der Waals surface area contributed by atoms with E-state index < -0.39 is 5.97 Å². The van der Waals surface area contributed by atoms with Crippen molar-refractivity contribution >= 4 is 18.0 Å². The molecule has 7 nitrogen and oxygen atoms in total. The van der Waals surface area contributed by atoms with Crippen LogP contribution in [0.1, 0.15) is 32.1 Å². The van der Waals surface area contributed by atoms with Gasteiger partial charge in [-0.15, -0.1) is 0 Å². The second-order valence-electron chi connectivity index (χ2n) is 5.65. The predicted molar refractivity (Wildman–Crippen MR) is 73.7 cm³/mol. The molecule has 118 valence electrons. The number of nitrogens with zero attached hydrogens (tertiary/aromatic N) is 2. The number of hydrogen-bond donors (Lipinski definition) is 1. The maximum absolute atomic E-state index is 12.5. The van der Waals surface area contributed by atoms with Crippen LogP contribution in [-0.4, -0.2) is 65.7 Å². The lowest BCUT2D eigenvalue weighted by molar-refractivity contribution is -0.147. The van der Waals surface area contributed by atoms with Gasteiger partial charge in [-0.1, -0.05) is 0 Å². The number of carboxylic acids is 1. The van der Waals surface area contributed by atoms with Gasteiger partial charge in [0.2, 0.25) is 0 Å². The lowest BCUT2D eigenvalue weighted by atomic mass is 9.97. The number of carbonyl (C=O) groups excluding carboxylic acids is 2. The Balaban J connectivity index is 1.89. The topological polar surface area (TPSA) is 87.2 Å². The average Bonchev–Trinajstić information content (AvgIpc) is 2.93. The van der Waals surface area contributed by atoms with Gasteiger partial charge in [0.25, 0.3) is 0 Å². The van der Waals surface area contributed by atoms with E-state index in [-0.39, 0.29) is 30.4 Å². The van der Waals surface area contributed by atoms with Crippen LogP contribution in [0.3, 0.4) is 0 Å². The summed E-state index contributed by atoms with van der Waals surface area (Å²) in [5, 5.41) is 8.90. The van der Waals surface area contributed by atoms with E-state index in [4.69, 9.17) is 9.84 Å². The van der Waals surface area contributed by atoms with Crippen molar-refractivity contribution in [1.29, 1.82) is 0 Å². The summed E-state index contributed by atoms with van der Waals surface area (Å²) >= 11 is 0. The van der Waals surface area contributed by atoms with Gasteiger partial charge in [0.15, 0.2) is 0 Å². The Kier molecular flexibility index (Phi) is 5.03. The van der Waals surface area contributed by atoms with Crippen LogP contribution in [0.4, 0.5) is 4.79 Å². The number of piperidine rings is 1. The number of ether oxygens (including phenoxy) is 1. The summed E-state index contributed by atoms with van der Waals surface area (Å²) in [6.07, 6.45) is 2.81. The molecule has 2 heterocycles. The van der Waals surface area contributed by atoms with Crippen molar-refractivity contribution in [2.24, 2.45) is 5.92 Å². The Hall–Kier alpha value is -1.79. The fraction of sp³-hybridized carbons (Fsp3) is 0.786. The molecule has 1 unspecified atom stereocenters. The molecule has 0 aromatic carbocycles. The number of amides is 2. The molecule has 0 aromatic rings. The Morgan fingerprint density at radius 2 is 1.81 bits per heavy atom. The molecule has 2 aliphatic heterocycles. The molecule has 2 rings (SSSR count). The molecule has 2 aliphatic rings. The molecule has 0 saturated carbocycles. The normalized spacial score (nSPS) is 23.2.